The van der Waals surface area contributed by atoms with E-state index in [1.54, 1.807) is 6.20 Å². The number of pyridine rings is 1. The van der Waals surface area contributed by atoms with Crippen molar-refractivity contribution in [3.05, 3.63) is 36.4 Å². The van der Waals surface area contributed by atoms with Gasteiger partial charge in [-0.15, -0.1) is 0 Å². The Morgan fingerprint density at radius 3 is 2.58 bits per heavy atom. The Morgan fingerprint density at radius 1 is 1.17 bits per heavy atom. The van der Waals surface area contributed by atoms with Crippen molar-refractivity contribution in [1.82, 2.24) is 24.7 Å². The van der Waals surface area contributed by atoms with Crippen LogP contribution in [0, 0.1) is 5.41 Å². The molecule has 36 heavy (non-hydrogen) atoms. The van der Waals surface area contributed by atoms with E-state index in [4.69, 9.17) is 0 Å². The van der Waals surface area contributed by atoms with E-state index >= 15 is 0 Å². The van der Waals surface area contributed by atoms with Crippen LogP contribution in [0.4, 0.5) is 33.5 Å². The summed E-state index contributed by atoms with van der Waals surface area (Å²) in [5.74, 6) is 0.332. The van der Waals surface area contributed by atoms with Gasteiger partial charge in [-0.25, -0.2) is 23.4 Å². The molecule has 1 spiro atoms. The first-order valence-electron chi connectivity index (χ1n) is 11.7. The molecule has 0 N–H and O–H groups in total. The van der Waals surface area contributed by atoms with E-state index in [0.29, 0.717) is 43.7 Å². The summed E-state index contributed by atoms with van der Waals surface area (Å²) in [6.07, 6.45) is -1.03. The van der Waals surface area contributed by atoms with Gasteiger partial charge in [0, 0.05) is 42.9 Å². The lowest BCUT2D eigenvalue weighted by Gasteiger charge is -2.44. The van der Waals surface area contributed by atoms with Gasteiger partial charge in [-0.1, -0.05) is 6.92 Å². The average molecular weight is 509 g/mol. The zero-order valence-corrected chi connectivity index (χ0v) is 19.4. The topological polar surface area (TPSA) is 80.0 Å². The van der Waals surface area contributed by atoms with Crippen molar-refractivity contribution in [2.45, 2.75) is 57.8 Å². The molecular weight excluding hydrogens is 485 g/mol. The molecule has 8 nitrogen and oxygen atoms in total. The second kappa shape index (κ2) is 8.93. The summed E-state index contributed by atoms with van der Waals surface area (Å²) in [5, 5.41) is 3.94. The number of fused-ring (bicyclic) bond motifs is 1. The van der Waals surface area contributed by atoms with E-state index in [1.807, 2.05) is 11.8 Å². The lowest BCUT2D eigenvalue weighted by atomic mass is 9.71. The third-order valence-electron chi connectivity index (χ3n) is 7.22. The first-order chi connectivity index (χ1) is 17.1. The van der Waals surface area contributed by atoms with Crippen LogP contribution in [0.2, 0.25) is 0 Å². The molecule has 2 saturated heterocycles. The van der Waals surface area contributed by atoms with E-state index in [1.165, 1.54) is 17.2 Å². The highest BCUT2D eigenvalue weighted by Gasteiger charge is 2.52. The summed E-state index contributed by atoms with van der Waals surface area (Å²) < 4.78 is 66.6. The molecule has 13 heteroatoms. The number of carbonyl (C=O) groups excluding carboxylic acids is 1. The zero-order chi connectivity index (χ0) is 25.7. The molecule has 2 aliphatic heterocycles. The van der Waals surface area contributed by atoms with E-state index in [9.17, 15) is 26.7 Å². The molecule has 0 bridgehead atoms. The Balaban J connectivity index is 1.36. The van der Waals surface area contributed by atoms with Crippen molar-refractivity contribution in [3.63, 3.8) is 0 Å². The predicted octanol–water partition coefficient (Wildman–Crippen LogP) is 4.31. The third-order valence-corrected chi connectivity index (χ3v) is 7.22. The standard InChI is InChI=1S/C23H24F5N7O/c1-2-17-22(10-20(36)35(17)14-3-6-29-16(9-14)23(26,27)28)4-7-33(8-5-22)19-12-30-15-11-31-34(13-18(24)25)21(15)32-19/h3,6,9,11-12,17-18H,2,4-5,7-8,10,13H2,1H3. The Labute approximate surface area is 203 Å². The van der Waals surface area contributed by atoms with Gasteiger partial charge in [-0.05, 0) is 31.4 Å². The number of rotatable bonds is 5. The first-order valence-corrected chi connectivity index (χ1v) is 11.7. The van der Waals surface area contributed by atoms with Crippen LogP contribution in [-0.4, -0.2) is 56.2 Å². The minimum Gasteiger partial charge on any atom is -0.355 e. The number of hydrogen-bond donors (Lipinski definition) is 0. The molecule has 3 aromatic rings. The third kappa shape index (κ3) is 4.24. The van der Waals surface area contributed by atoms with Crippen molar-refractivity contribution in [2.24, 2.45) is 5.41 Å². The maximum Gasteiger partial charge on any atom is 0.433 e. The SMILES string of the molecule is CCC1N(c2ccnc(C(F)(F)F)c2)C(=O)CC12CCN(c1cnc3cnn(CC(F)F)c3n1)CC2. The van der Waals surface area contributed by atoms with Crippen LogP contribution in [0.15, 0.2) is 30.7 Å². The molecule has 1 unspecified atom stereocenters. The summed E-state index contributed by atoms with van der Waals surface area (Å²) in [5.41, 5.74) is -0.513. The fourth-order valence-electron chi connectivity index (χ4n) is 5.56. The van der Waals surface area contributed by atoms with E-state index in [-0.39, 0.29) is 35.1 Å². The Hall–Kier alpha value is -3.38. The monoisotopic (exact) mass is 509 g/mol. The number of anilines is 2. The molecular formula is C23H24F5N7O. The lowest BCUT2D eigenvalue weighted by Crippen LogP contribution is -2.47. The van der Waals surface area contributed by atoms with Crippen LogP contribution in [0.25, 0.3) is 11.2 Å². The molecule has 0 aromatic carbocycles. The smallest absolute Gasteiger partial charge is 0.355 e. The van der Waals surface area contributed by atoms with Gasteiger partial charge in [0.1, 0.15) is 23.6 Å². The largest absolute Gasteiger partial charge is 0.433 e. The fraction of sp³-hybridized carbons (Fsp3) is 0.522. The van der Waals surface area contributed by atoms with Gasteiger partial charge in [-0.3, -0.25) is 9.78 Å². The van der Waals surface area contributed by atoms with Crippen LogP contribution < -0.4 is 9.80 Å². The summed E-state index contributed by atoms with van der Waals surface area (Å²) in [6, 6.07) is 2.12. The number of amides is 1. The molecule has 0 saturated carbocycles. The van der Waals surface area contributed by atoms with Crippen LogP contribution in [-0.2, 0) is 17.5 Å². The molecule has 1 atom stereocenters. The van der Waals surface area contributed by atoms with Crippen molar-refractivity contribution < 1.29 is 26.7 Å². The molecule has 2 fully saturated rings. The summed E-state index contributed by atoms with van der Waals surface area (Å²) in [7, 11) is 0. The zero-order valence-electron chi connectivity index (χ0n) is 19.4. The molecule has 192 valence electrons. The number of aromatic nitrogens is 5. The highest BCUT2D eigenvalue weighted by atomic mass is 19.4. The average Bonchev–Trinajstić information content (AvgIpc) is 3.35. The number of halogens is 5. The second-order valence-electron chi connectivity index (χ2n) is 9.27. The highest BCUT2D eigenvalue weighted by molar-refractivity contribution is 5.97. The number of nitrogens with zero attached hydrogens (tertiary/aromatic N) is 7. The number of alkyl halides is 5. The summed E-state index contributed by atoms with van der Waals surface area (Å²) in [4.78, 5) is 28.8. The molecule has 0 aliphatic carbocycles. The van der Waals surface area contributed by atoms with E-state index in [2.05, 4.69) is 20.1 Å². The molecule has 3 aromatic heterocycles. The van der Waals surface area contributed by atoms with Gasteiger partial charge in [-0.2, -0.15) is 18.3 Å². The summed E-state index contributed by atoms with van der Waals surface area (Å²) >= 11 is 0. The maximum absolute atomic E-state index is 13.2. The number of hydrogen-bond acceptors (Lipinski definition) is 6. The van der Waals surface area contributed by atoms with Gasteiger partial charge in [0.05, 0.1) is 12.4 Å². The van der Waals surface area contributed by atoms with Crippen molar-refractivity contribution in [2.75, 3.05) is 22.9 Å². The quantitative estimate of drug-likeness (QED) is 0.477. The van der Waals surface area contributed by atoms with Crippen molar-refractivity contribution in [3.8, 4) is 0 Å². The van der Waals surface area contributed by atoms with Crippen molar-refractivity contribution in [1.29, 1.82) is 0 Å². The molecule has 2 aliphatic rings. The van der Waals surface area contributed by atoms with E-state index < -0.39 is 24.8 Å². The summed E-state index contributed by atoms with van der Waals surface area (Å²) in [6.45, 7) is 2.45. The molecule has 1 amide bonds. The van der Waals surface area contributed by atoms with Gasteiger partial charge in [0.15, 0.2) is 5.65 Å². The Bertz CT molecular complexity index is 1270. The normalized spacial score (nSPS) is 20.3. The Kier molecular flexibility index (Phi) is 6.03. The van der Waals surface area contributed by atoms with E-state index in [0.717, 1.165) is 16.9 Å². The van der Waals surface area contributed by atoms with Gasteiger partial charge < -0.3 is 9.80 Å². The molecule has 0 radical (unpaired) electrons. The lowest BCUT2D eigenvalue weighted by molar-refractivity contribution is -0.141. The molecule has 5 heterocycles. The van der Waals surface area contributed by atoms with Crippen LogP contribution in [0.1, 0.15) is 38.3 Å². The minimum atomic E-state index is -4.60. The van der Waals surface area contributed by atoms with Crippen LogP contribution >= 0.6 is 0 Å². The highest BCUT2D eigenvalue weighted by Crippen LogP contribution is 2.49. The molecule has 5 rings (SSSR count). The van der Waals surface area contributed by atoms with Gasteiger partial charge in [0.2, 0.25) is 5.91 Å². The fourth-order valence-corrected chi connectivity index (χ4v) is 5.56. The number of piperidine rings is 1. The first kappa shape index (κ1) is 24.3. The van der Waals surface area contributed by atoms with Gasteiger partial charge >= 0.3 is 6.18 Å². The Morgan fingerprint density at radius 2 is 1.92 bits per heavy atom. The number of carbonyl (C=O) groups is 1. The second-order valence-corrected chi connectivity index (χ2v) is 9.27. The van der Waals surface area contributed by atoms with Crippen LogP contribution in [0.3, 0.4) is 0 Å². The van der Waals surface area contributed by atoms with Gasteiger partial charge in [0.25, 0.3) is 6.43 Å². The van der Waals surface area contributed by atoms with Crippen LogP contribution in [0.5, 0.6) is 0 Å². The minimum absolute atomic E-state index is 0.202. The maximum atomic E-state index is 13.2. The predicted molar refractivity (Wildman–Crippen MR) is 121 cm³/mol. The van der Waals surface area contributed by atoms with Crippen molar-refractivity contribution >= 4 is 28.6 Å².